The van der Waals surface area contributed by atoms with Gasteiger partial charge in [-0.25, -0.2) is 0 Å². The van der Waals surface area contributed by atoms with E-state index < -0.39 is 18.6 Å². The molecule has 84 valence electrons. The molecular weight excluding hydrogens is 227 g/mol. The fraction of sp³-hybridized carbons (Fsp3) is 0.400. The van der Waals surface area contributed by atoms with Crippen molar-refractivity contribution in [2.75, 3.05) is 6.54 Å². The SMILES string of the molecule is Cc1ccc(Cl)c(C(CN)C(F)(F)F)c1. The van der Waals surface area contributed by atoms with Gasteiger partial charge < -0.3 is 5.73 Å². The van der Waals surface area contributed by atoms with E-state index in [1.165, 1.54) is 12.1 Å². The van der Waals surface area contributed by atoms with Crippen LogP contribution in [0.1, 0.15) is 17.0 Å². The molecule has 0 aromatic heterocycles. The molecule has 1 atom stereocenters. The average molecular weight is 238 g/mol. The molecule has 0 saturated heterocycles. The Balaban J connectivity index is 3.18. The van der Waals surface area contributed by atoms with Crippen LogP contribution in [0.2, 0.25) is 5.02 Å². The zero-order valence-electron chi connectivity index (χ0n) is 8.11. The standard InChI is InChI=1S/C10H11ClF3N/c1-6-2-3-9(11)7(4-6)8(5-15)10(12,13)14/h2-4,8H,5,15H2,1H3. The Labute approximate surface area is 91.0 Å². The largest absolute Gasteiger partial charge is 0.397 e. The van der Waals surface area contributed by atoms with Crippen molar-refractivity contribution in [3.05, 3.63) is 34.3 Å². The van der Waals surface area contributed by atoms with E-state index in [0.29, 0.717) is 0 Å². The number of benzene rings is 1. The summed E-state index contributed by atoms with van der Waals surface area (Å²) in [6, 6.07) is 4.55. The van der Waals surface area contributed by atoms with Crippen molar-refractivity contribution in [2.24, 2.45) is 5.73 Å². The molecule has 2 N–H and O–H groups in total. The predicted molar refractivity (Wildman–Crippen MR) is 54.0 cm³/mol. The topological polar surface area (TPSA) is 26.0 Å². The van der Waals surface area contributed by atoms with Crippen molar-refractivity contribution in [3.8, 4) is 0 Å². The van der Waals surface area contributed by atoms with E-state index in [0.717, 1.165) is 5.56 Å². The summed E-state index contributed by atoms with van der Waals surface area (Å²) in [7, 11) is 0. The number of rotatable bonds is 2. The fourth-order valence-corrected chi connectivity index (χ4v) is 1.62. The maximum absolute atomic E-state index is 12.6. The van der Waals surface area contributed by atoms with Crippen LogP contribution in [0.15, 0.2) is 18.2 Å². The highest BCUT2D eigenvalue weighted by Crippen LogP contribution is 2.37. The third-order valence-corrected chi connectivity index (χ3v) is 2.50. The number of hydrogen-bond donors (Lipinski definition) is 1. The van der Waals surface area contributed by atoms with Crippen molar-refractivity contribution in [3.63, 3.8) is 0 Å². The van der Waals surface area contributed by atoms with Crippen molar-refractivity contribution in [2.45, 2.75) is 19.0 Å². The smallest absolute Gasteiger partial charge is 0.330 e. The molecule has 0 amide bonds. The summed E-state index contributed by atoms with van der Waals surface area (Å²) in [5.74, 6) is -1.69. The van der Waals surface area contributed by atoms with Crippen LogP contribution in [0, 0.1) is 6.92 Å². The molecule has 0 saturated carbocycles. The minimum Gasteiger partial charge on any atom is -0.330 e. The normalized spacial score (nSPS) is 14.0. The molecule has 0 bridgehead atoms. The molecule has 0 aliphatic carbocycles. The highest BCUT2D eigenvalue weighted by atomic mass is 35.5. The van der Waals surface area contributed by atoms with Crippen LogP contribution in [0.4, 0.5) is 13.2 Å². The third-order valence-electron chi connectivity index (χ3n) is 2.16. The first-order chi connectivity index (χ1) is 6.86. The minimum absolute atomic E-state index is 0.0478. The second kappa shape index (κ2) is 4.41. The Kier molecular flexibility index (Phi) is 3.62. The van der Waals surface area contributed by atoms with Gasteiger partial charge in [0.2, 0.25) is 0 Å². The molecule has 0 heterocycles. The summed E-state index contributed by atoms with van der Waals surface area (Å²) in [4.78, 5) is 0. The van der Waals surface area contributed by atoms with Crippen molar-refractivity contribution in [1.82, 2.24) is 0 Å². The summed E-state index contributed by atoms with van der Waals surface area (Å²) in [5, 5.41) is 0.105. The number of hydrogen-bond acceptors (Lipinski definition) is 1. The first-order valence-corrected chi connectivity index (χ1v) is 4.77. The van der Waals surface area contributed by atoms with Gasteiger partial charge in [-0.3, -0.25) is 0 Å². The minimum atomic E-state index is -4.35. The lowest BCUT2D eigenvalue weighted by Crippen LogP contribution is -2.28. The molecule has 5 heteroatoms. The van der Waals surface area contributed by atoms with Gasteiger partial charge in [0.15, 0.2) is 0 Å². The van der Waals surface area contributed by atoms with Gasteiger partial charge in [-0.05, 0) is 18.6 Å². The molecule has 15 heavy (non-hydrogen) atoms. The fourth-order valence-electron chi connectivity index (χ4n) is 1.37. The van der Waals surface area contributed by atoms with Crippen LogP contribution in [0.25, 0.3) is 0 Å². The van der Waals surface area contributed by atoms with Crippen LogP contribution in [-0.2, 0) is 0 Å². The maximum Gasteiger partial charge on any atom is 0.397 e. The Morgan fingerprint density at radius 1 is 1.40 bits per heavy atom. The Morgan fingerprint density at radius 3 is 2.47 bits per heavy atom. The predicted octanol–water partition coefficient (Wildman–Crippen LogP) is 3.25. The molecule has 1 unspecified atom stereocenters. The zero-order chi connectivity index (χ0) is 11.6. The summed E-state index contributed by atoms with van der Waals surface area (Å²) in [6.45, 7) is 1.22. The first kappa shape index (κ1) is 12.3. The molecule has 1 nitrogen and oxygen atoms in total. The second-order valence-electron chi connectivity index (χ2n) is 3.35. The van der Waals surface area contributed by atoms with E-state index in [-0.39, 0.29) is 10.6 Å². The van der Waals surface area contributed by atoms with E-state index >= 15 is 0 Å². The average Bonchev–Trinajstić information content (AvgIpc) is 2.10. The molecule has 0 fully saturated rings. The van der Waals surface area contributed by atoms with Crippen molar-refractivity contribution >= 4 is 11.6 Å². The highest BCUT2D eigenvalue weighted by molar-refractivity contribution is 6.31. The molecule has 0 spiro atoms. The van der Waals surface area contributed by atoms with Crippen LogP contribution < -0.4 is 5.73 Å². The van der Waals surface area contributed by atoms with E-state index in [2.05, 4.69) is 0 Å². The highest BCUT2D eigenvalue weighted by Gasteiger charge is 2.40. The van der Waals surface area contributed by atoms with Gasteiger partial charge in [0.05, 0.1) is 5.92 Å². The van der Waals surface area contributed by atoms with Gasteiger partial charge in [-0.1, -0.05) is 29.3 Å². The lowest BCUT2D eigenvalue weighted by Gasteiger charge is -2.20. The van der Waals surface area contributed by atoms with Gasteiger partial charge in [-0.15, -0.1) is 0 Å². The molecule has 0 radical (unpaired) electrons. The van der Waals surface area contributed by atoms with Gasteiger partial charge in [-0.2, -0.15) is 13.2 Å². The second-order valence-corrected chi connectivity index (χ2v) is 3.76. The molecule has 1 rings (SSSR count). The number of alkyl halides is 3. The van der Waals surface area contributed by atoms with Crippen LogP contribution in [0.5, 0.6) is 0 Å². The van der Waals surface area contributed by atoms with E-state index in [4.69, 9.17) is 17.3 Å². The molecule has 1 aromatic rings. The summed E-state index contributed by atoms with van der Waals surface area (Å²) < 4.78 is 37.7. The van der Waals surface area contributed by atoms with Gasteiger partial charge in [0, 0.05) is 11.6 Å². The summed E-state index contributed by atoms with van der Waals surface area (Å²) in [5.41, 5.74) is 5.91. The first-order valence-electron chi connectivity index (χ1n) is 4.39. The quantitative estimate of drug-likeness (QED) is 0.840. The monoisotopic (exact) mass is 237 g/mol. The van der Waals surface area contributed by atoms with Crippen LogP contribution in [-0.4, -0.2) is 12.7 Å². The molecule has 0 aliphatic heterocycles. The lowest BCUT2D eigenvalue weighted by atomic mass is 9.97. The summed E-state index contributed by atoms with van der Waals surface area (Å²) in [6.07, 6.45) is -4.35. The van der Waals surface area contributed by atoms with Crippen molar-refractivity contribution < 1.29 is 13.2 Å². The third kappa shape index (κ3) is 2.86. The lowest BCUT2D eigenvalue weighted by molar-refractivity contribution is -0.148. The number of nitrogens with two attached hydrogens (primary N) is 1. The Morgan fingerprint density at radius 2 is 2.00 bits per heavy atom. The number of aryl methyl sites for hydroxylation is 1. The van der Waals surface area contributed by atoms with E-state index in [9.17, 15) is 13.2 Å². The van der Waals surface area contributed by atoms with Gasteiger partial charge in [0.1, 0.15) is 0 Å². The maximum atomic E-state index is 12.6. The van der Waals surface area contributed by atoms with Gasteiger partial charge in [0.25, 0.3) is 0 Å². The Hall–Kier alpha value is -0.740. The molecule has 1 aromatic carbocycles. The van der Waals surface area contributed by atoms with Gasteiger partial charge >= 0.3 is 6.18 Å². The zero-order valence-corrected chi connectivity index (χ0v) is 8.86. The molecular formula is C10H11ClF3N. The van der Waals surface area contributed by atoms with Crippen LogP contribution >= 0.6 is 11.6 Å². The number of halogens is 4. The molecule has 0 aliphatic rings. The van der Waals surface area contributed by atoms with E-state index in [1.807, 2.05) is 0 Å². The van der Waals surface area contributed by atoms with Crippen molar-refractivity contribution in [1.29, 1.82) is 0 Å². The summed E-state index contributed by atoms with van der Waals surface area (Å²) >= 11 is 5.72. The van der Waals surface area contributed by atoms with Crippen LogP contribution in [0.3, 0.4) is 0 Å². The Bertz CT molecular complexity index is 349. The van der Waals surface area contributed by atoms with E-state index in [1.54, 1.807) is 13.0 Å².